The second-order valence-electron chi connectivity index (χ2n) is 5.53. The third-order valence-electron chi connectivity index (χ3n) is 3.66. The van der Waals surface area contributed by atoms with E-state index in [4.69, 9.17) is 9.47 Å². The molecule has 2 aromatic carbocycles. The van der Waals surface area contributed by atoms with Gasteiger partial charge in [0.1, 0.15) is 0 Å². The first-order valence-corrected chi connectivity index (χ1v) is 7.59. The van der Waals surface area contributed by atoms with Gasteiger partial charge < -0.3 is 9.47 Å². The van der Waals surface area contributed by atoms with Crippen LogP contribution >= 0.6 is 22.6 Å². The molecule has 2 aromatic rings. The van der Waals surface area contributed by atoms with Gasteiger partial charge in [0.2, 0.25) is 0 Å². The zero-order valence-electron chi connectivity index (χ0n) is 11.2. The molecular formula is C16H17IO2. The van der Waals surface area contributed by atoms with E-state index in [9.17, 15) is 0 Å². The number of fused-ring (bicyclic) bond motifs is 2. The van der Waals surface area contributed by atoms with Crippen molar-refractivity contribution in [3.63, 3.8) is 0 Å². The molecule has 0 N–H and O–H groups in total. The van der Waals surface area contributed by atoms with Gasteiger partial charge >= 0.3 is 0 Å². The molecule has 1 aliphatic rings. The van der Waals surface area contributed by atoms with E-state index in [1.54, 1.807) is 0 Å². The van der Waals surface area contributed by atoms with Crippen molar-refractivity contribution in [1.29, 1.82) is 0 Å². The fourth-order valence-electron chi connectivity index (χ4n) is 2.25. The third-order valence-corrected chi connectivity index (χ3v) is 4.54. The lowest BCUT2D eigenvalue weighted by Crippen LogP contribution is -2.33. The zero-order chi connectivity index (χ0) is 13.5. The van der Waals surface area contributed by atoms with Gasteiger partial charge in [0.25, 0.3) is 0 Å². The average Bonchev–Trinajstić information content (AvgIpc) is 2.57. The molecule has 19 heavy (non-hydrogen) atoms. The van der Waals surface area contributed by atoms with Gasteiger partial charge in [0, 0.05) is 9.34 Å². The van der Waals surface area contributed by atoms with Crippen LogP contribution in [0.1, 0.15) is 13.8 Å². The molecule has 3 heteroatoms. The minimum Gasteiger partial charge on any atom is -0.489 e. The van der Waals surface area contributed by atoms with Gasteiger partial charge in [-0.1, -0.05) is 60.7 Å². The third kappa shape index (κ3) is 2.66. The molecular weight excluding hydrogens is 351 g/mol. The first-order valence-electron chi connectivity index (χ1n) is 6.51. The van der Waals surface area contributed by atoms with E-state index < -0.39 is 0 Å². The van der Waals surface area contributed by atoms with Crippen molar-refractivity contribution in [3.8, 4) is 11.5 Å². The Bertz CT molecular complexity index is 555. The van der Waals surface area contributed by atoms with Gasteiger partial charge in [-0.05, 0) is 22.9 Å². The van der Waals surface area contributed by atoms with Gasteiger partial charge in [-0.15, -0.1) is 0 Å². The Morgan fingerprint density at radius 3 is 1.89 bits per heavy atom. The Kier molecular flexibility index (Phi) is 3.33. The molecule has 0 aliphatic carbocycles. The number of hydrogen-bond acceptors (Lipinski definition) is 2. The Morgan fingerprint density at radius 1 is 1.00 bits per heavy atom. The SMILES string of the molecule is CC(C)(I)C1COc2cc3ccccc3cc2OC1. The molecule has 1 aliphatic heterocycles. The summed E-state index contributed by atoms with van der Waals surface area (Å²) in [7, 11) is 0. The van der Waals surface area contributed by atoms with Crippen molar-refractivity contribution in [1.82, 2.24) is 0 Å². The van der Waals surface area contributed by atoms with Gasteiger partial charge in [-0.2, -0.15) is 0 Å². The summed E-state index contributed by atoms with van der Waals surface area (Å²) in [6.45, 7) is 5.86. The fourth-order valence-corrected chi connectivity index (χ4v) is 2.61. The molecule has 0 radical (unpaired) electrons. The van der Waals surface area contributed by atoms with E-state index in [0.29, 0.717) is 19.1 Å². The normalized spacial score (nSPS) is 16.4. The Balaban J connectivity index is 1.96. The van der Waals surface area contributed by atoms with Crippen LogP contribution in [0.2, 0.25) is 0 Å². The van der Waals surface area contributed by atoms with Crippen LogP contribution in [0.25, 0.3) is 10.8 Å². The van der Waals surface area contributed by atoms with Crippen molar-refractivity contribution in [3.05, 3.63) is 36.4 Å². The monoisotopic (exact) mass is 368 g/mol. The lowest BCUT2D eigenvalue weighted by molar-refractivity contribution is 0.193. The standard InChI is InChI=1S/C16H17IO2/c1-16(2,17)13-9-18-14-7-11-5-3-4-6-12(11)8-15(14)19-10-13/h3-8,13H,9-10H2,1-2H3. The molecule has 0 unspecified atom stereocenters. The first-order chi connectivity index (χ1) is 9.04. The summed E-state index contributed by atoms with van der Waals surface area (Å²) in [5, 5.41) is 2.38. The predicted octanol–water partition coefficient (Wildman–Crippen LogP) is 4.44. The van der Waals surface area contributed by atoms with Crippen LogP contribution in [0.4, 0.5) is 0 Å². The molecule has 0 amide bonds. The van der Waals surface area contributed by atoms with E-state index in [-0.39, 0.29) is 3.42 Å². The van der Waals surface area contributed by atoms with E-state index in [1.807, 2.05) is 12.1 Å². The summed E-state index contributed by atoms with van der Waals surface area (Å²) in [5.41, 5.74) is 0. The van der Waals surface area contributed by atoms with Crippen molar-refractivity contribution < 1.29 is 9.47 Å². The number of rotatable bonds is 1. The summed E-state index contributed by atoms with van der Waals surface area (Å²) >= 11 is 2.47. The molecule has 0 fully saturated rings. The van der Waals surface area contributed by atoms with Crippen LogP contribution in [0.15, 0.2) is 36.4 Å². The highest BCUT2D eigenvalue weighted by Gasteiger charge is 2.30. The van der Waals surface area contributed by atoms with Crippen molar-refractivity contribution in [2.24, 2.45) is 5.92 Å². The highest BCUT2D eigenvalue weighted by Crippen LogP contribution is 2.38. The van der Waals surface area contributed by atoms with Crippen LogP contribution in [-0.2, 0) is 0 Å². The number of halogens is 1. The topological polar surface area (TPSA) is 18.5 Å². The van der Waals surface area contributed by atoms with Crippen LogP contribution in [0.5, 0.6) is 11.5 Å². The molecule has 2 nitrogen and oxygen atoms in total. The van der Waals surface area contributed by atoms with Crippen molar-refractivity contribution >= 4 is 33.4 Å². The molecule has 0 saturated heterocycles. The van der Waals surface area contributed by atoms with E-state index in [1.165, 1.54) is 10.8 Å². The quantitative estimate of drug-likeness (QED) is 0.547. The highest BCUT2D eigenvalue weighted by atomic mass is 127. The van der Waals surface area contributed by atoms with E-state index in [2.05, 4.69) is 60.7 Å². The number of benzene rings is 2. The lowest BCUT2D eigenvalue weighted by atomic mass is 9.98. The molecule has 3 rings (SSSR count). The van der Waals surface area contributed by atoms with Gasteiger partial charge in [-0.3, -0.25) is 0 Å². The Morgan fingerprint density at radius 2 is 1.47 bits per heavy atom. The molecule has 0 aromatic heterocycles. The summed E-state index contributed by atoms with van der Waals surface area (Å²) in [4.78, 5) is 0. The van der Waals surface area contributed by atoms with E-state index in [0.717, 1.165) is 11.5 Å². The van der Waals surface area contributed by atoms with Gasteiger partial charge in [-0.25, -0.2) is 0 Å². The second-order valence-corrected chi connectivity index (χ2v) is 8.31. The van der Waals surface area contributed by atoms with Crippen LogP contribution < -0.4 is 9.47 Å². The van der Waals surface area contributed by atoms with Crippen LogP contribution in [-0.4, -0.2) is 16.6 Å². The fraction of sp³-hybridized carbons (Fsp3) is 0.375. The minimum absolute atomic E-state index is 0.166. The van der Waals surface area contributed by atoms with Crippen LogP contribution in [0.3, 0.4) is 0 Å². The average molecular weight is 368 g/mol. The molecule has 0 atom stereocenters. The molecule has 0 spiro atoms. The predicted molar refractivity (Wildman–Crippen MR) is 86.5 cm³/mol. The van der Waals surface area contributed by atoms with Crippen molar-refractivity contribution in [2.75, 3.05) is 13.2 Å². The highest BCUT2D eigenvalue weighted by molar-refractivity contribution is 14.1. The number of ether oxygens (including phenoxy) is 2. The van der Waals surface area contributed by atoms with Gasteiger partial charge in [0.05, 0.1) is 13.2 Å². The first kappa shape index (κ1) is 13.0. The molecule has 1 heterocycles. The largest absolute Gasteiger partial charge is 0.489 e. The van der Waals surface area contributed by atoms with Crippen molar-refractivity contribution in [2.45, 2.75) is 17.3 Å². The zero-order valence-corrected chi connectivity index (χ0v) is 13.3. The maximum atomic E-state index is 5.97. The summed E-state index contributed by atoms with van der Waals surface area (Å²) in [6, 6.07) is 12.4. The summed E-state index contributed by atoms with van der Waals surface area (Å²) in [6.07, 6.45) is 0. The van der Waals surface area contributed by atoms with Crippen LogP contribution in [0, 0.1) is 5.92 Å². The maximum absolute atomic E-state index is 5.97. The molecule has 0 bridgehead atoms. The Hall–Kier alpha value is -0.970. The smallest absolute Gasteiger partial charge is 0.161 e. The Labute approximate surface area is 127 Å². The summed E-state index contributed by atoms with van der Waals surface area (Å²) < 4.78 is 12.1. The second kappa shape index (κ2) is 4.85. The molecule has 0 saturated carbocycles. The molecule has 100 valence electrons. The minimum atomic E-state index is 0.166. The van der Waals surface area contributed by atoms with Gasteiger partial charge in [0.15, 0.2) is 11.5 Å². The number of hydrogen-bond donors (Lipinski definition) is 0. The summed E-state index contributed by atoms with van der Waals surface area (Å²) in [5.74, 6) is 2.12. The van der Waals surface area contributed by atoms with E-state index >= 15 is 0 Å². The maximum Gasteiger partial charge on any atom is 0.161 e. The number of alkyl halides is 1. The lowest BCUT2D eigenvalue weighted by Gasteiger charge is -2.26.